The van der Waals surface area contributed by atoms with Crippen molar-refractivity contribution in [2.24, 2.45) is 5.92 Å². The van der Waals surface area contributed by atoms with Crippen molar-refractivity contribution in [1.82, 2.24) is 9.62 Å². The number of benzene rings is 2. The second kappa shape index (κ2) is 12.0. The lowest BCUT2D eigenvalue weighted by atomic mass is 9.94. The first-order chi connectivity index (χ1) is 16.3. The summed E-state index contributed by atoms with van der Waals surface area (Å²) in [6, 6.07) is 16.3. The molecule has 2 amide bonds. The molecule has 0 unspecified atom stereocenters. The molecular formula is C25H34N4O4S. The van der Waals surface area contributed by atoms with Crippen LogP contribution in [0, 0.1) is 5.92 Å². The van der Waals surface area contributed by atoms with Crippen LogP contribution in [0.4, 0.5) is 11.4 Å². The molecule has 8 nitrogen and oxygen atoms in total. The predicted octanol–water partition coefficient (Wildman–Crippen LogP) is 3.08. The van der Waals surface area contributed by atoms with Crippen molar-refractivity contribution in [2.45, 2.75) is 37.5 Å². The lowest BCUT2D eigenvalue weighted by Crippen LogP contribution is -2.39. The number of nitrogens with zero attached hydrogens (tertiary/aromatic N) is 2. The minimum absolute atomic E-state index is 0.0252. The number of carbonyl (C=O) groups excluding carboxylic acids is 2. The van der Waals surface area contributed by atoms with Crippen LogP contribution in [0.1, 0.15) is 32.6 Å². The highest BCUT2D eigenvalue weighted by atomic mass is 32.2. The molecule has 184 valence electrons. The second-order valence-corrected chi connectivity index (χ2v) is 10.7. The molecule has 1 fully saturated rings. The second-order valence-electron chi connectivity index (χ2n) is 8.72. The molecule has 1 aliphatic heterocycles. The number of sulfonamides is 1. The van der Waals surface area contributed by atoms with Crippen molar-refractivity contribution >= 4 is 33.2 Å². The monoisotopic (exact) mass is 486 g/mol. The molecule has 1 aliphatic rings. The first-order valence-corrected chi connectivity index (χ1v) is 13.1. The third-order valence-electron chi connectivity index (χ3n) is 6.05. The van der Waals surface area contributed by atoms with Crippen LogP contribution in [0.3, 0.4) is 0 Å². The zero-order chi connectivity index (χ0) is 24.6. The average molecular weight is 487 g/mol. The molecule has 0 aromatic heterocycles. The van der Waals surface area contributed by atoms with E-state index in [2.05, 4.69) is 27.7 Å². The number of piperidine rings is 1. The number of amides is 2. The summed E-state index contributed by atoms with van der Waals surface area (Å²) in [6.45, 7) is 3.68. The smallest absolute Gasteiger partial charge is 0.243 e. The highest BCUT2D eigenvalue weighted by Crippen LogP contribution is 2.26. The van der Waals surface area contributed by atoms with Gasteiger partial charge in [-0.15, -0.1) is 0 Å². The largest absolute Gasteiger partial charge is 0.375 e. The molecule has 0 atom stereocenters. The van der Waals surface area contributed by atoms with E-state index in [1.54, 1.807) is 12.1 Å². The third kappa shape index (κ3) is 7.30. The van der Waals surface area contributed by atoms with E-state index in [1.165, 1.54) is 23.4 Å². The van der Waals surface area contributed by atoms with Gasteiger partial charge in [0.05, 0.1) is 4.90 Å². The van der Waals surface area contributed by atoms with Crippen LogP contribution in [0.5, 0.6) is 0 Å². The van der Waals surface area contributed by atoms with E-state index in [9.17, 15) is 18.0 Å². The van der Waals surface area contributed by atoms with Crippen LogP contribution in [-0.4, -0.2) is 57.8 Å². The molecule has 0 spiro atoms. The fourth-order valence-electron chi connectivity index (χ4n) is 4.11. The summed E-state index contributed by atoms with van der Waals surface area (Å²) in [7, 11) is -1.55. The first-order valence-electron chi connectivity index (χ1n) is 11.7. The Labute approximate surface area is 202 Å². The summed E-state index contributed by atoms with van der Waals surface area (Å²) in [5.74, 6) is -0.000877. The highest BCUT2D eigenvalue weighted by molar-refractivity contribution is 7.89. The number of para-hydroxylation sites is 1. The molecular weight excluding hydrogens is 452 g/mol. The fraction of sp³-hybridized carbons (Fsp3) is 0.440. The zero-order valence-electron chi connectivity index (χ0n) is 19.9. The Bertz CT molecular complexity index is 1050. The van der Waals surface area contributed by atoms with E-state index >= 15 is 0 Å². The van der Waals surface area contributed by atoms with Gasteiger partial charge in [0.25, 0.3) is 0 Å². The molecule has 34 heavy (non-hydrogen) atoms. The summed E-state index contributed by atoms with van der Waals surface area (Å²) >= 11 is 0. The fourth-order valence-corrected chi connectivity index (χ4v) is 5.58. The highest BCUT2D eigenvalue weighted by Gasteiger charge is 2.30. The molecule has 0 saturated carbocycles. The first kappa shape index (κ1) is 25.7. The Kier molecular flexibility index (Phi) is 9.06. The molecule has 2 aromatic carbocycles. The summed E-state index contributed by atoms with van der Waals surface area (Å²) in [6.07, 6.45) is 2.60. The number of nitrogens with one attached hydrogen (secondary N) is 2. The SMILES string of the molecule is CC(=O)Nc1ccc(S(=O)(=O)N2CCC(CC(=O)NCCCN(C)c3ccccc3)CC2)cc1. The third-order valence-corrected chi connectivity index (χ3v) is 7.96. The van der Waals surface area contributed by atoms with Crippen molar-refractivity contribution in [2.75, 3.05) is 43.4 Å². The Morgan fingerprint density at radius 1 is 1.03 bits per heavy atom. The number of hydrogen-bond donors (Lipinski definition) is 2. The minimum Gasteiger partial charge on any atom is -0.375 e. The van der Waals surface area contributed by atoms with Crippen LogP contribution in [0.25, 0.3) is 0 Å². The average Bonchev–Trinajstić information content (AvgIpc) is 2.82. The summed E-state index contributed by atoms with van der Waals surface area (Å²) in [5.41, 5.74) is 1.71. The lowest BCUT2D eigenvalue weighted by Gasteiger charge is -2.31. The Morgan fingerprint density at radius 3 is 2.29 bits per heavy atom. The van der Waals surface area contributed by atoms with Crippen LogP contribution < -0.4 is 15.5 Å². The molecule has 2 aromatic rings. The van der Waals surface area contributed by atoms with Gasteiger partial charge < -0.3 is 15.5 Å². The van der Waals surface area contributed by atoms with Gasteiger partial charge in [0.15, 0.2) is 0 Å². The molecule has 0 radical (unpaired) electrons. The standard InChI is InChI=1S/C25H34N4O4S/c1-20(30)27-22-9-11-24(12-10-22)34(32,33)29-17-13-21(14-18-29)19-25(31)26-15-6-16-28(2)23-7-4-3-5-8-23/h3-5,7-12,21H,6,13-19H2,1-2H3,(H,26,31)(H,27,30). The Hall–Kier alpha value is -2.91. The van der Waals surface area contributed by atoms with Gasteiger partial charge in [0.1, 0.15) is 0 Å². The number of hydrogen-bond acceptors (Lipinski definition) is 5. The molecule has 0 aliphatic carbocycles. The maximum Gasteiger partial charge on any atom is 0.243 e. The Morgan fingerprint density at radius 2 is 1.68 bits per heavy atom. The molecule has 1 heterocycles. The van der Waals surface area contributed by atoms with Gasteiger partial charge in [-0.05, 0) is 61.6 Å². The van der Waals surface area contributed by atoms with Crippen LogP contribution in [0.2, 0.25) is 0 Å². The lowest BCUT2D eigenvalue weighted by molar-refractivity contribution is -0.122. The maximum absolute atomic E-state index is 12.9. The van der Waals surface area contributed by atoms with E-state index in [-0.39, 0.29) is 22.6 Å². The Balaban J connectivity index is 1.38. The zero-order valence-corrected chi connectivity index (χ0v) is 20.7. The maximum atomic E-state index is 12.9. The van der Waals surface area contributed by atoms with Crippen molar-refractivity contribution in [3.8, 4) is 0 Å². The van der Waals surface area contributed by atoms with Crippen molar-refractivity contribution in [1.29, 1.82) is 0 Å². The van der Waals surface area contributed by atoms with Crippen molar-refractivity contribution in [3.63, 3.8) is 0 Å². The summed E-state index contributed by atoms with van der Waals surface area (Å²) in [5, 5.41) is 5.63. The molecule has 1 saturated heterocycles. The van der Waals surface area contributed by atoms with Crippen molar-refractivity contribution in [3.05, 3.63) is 54.6 Å². The van der Waals surface area contributed by atoms with E-state index in [1.807, 2.05) is 25.2 Å². The van der Waals surface area contributed by atoms with E-state index < -0.39 is 10.0 Å². The van der Waals surface area contributed by atoms with Gasteiger partial charge in [-0.1, -0.05) is 18.2 Å². The van der Waals surface area contributed by atoms with Gasteiger partial charge in [0.2, 0.25) is 21.8 Å². The number of anilines is 2. The van der Waals surface area contributed by atoms with Crippen LogP contribution in [0.15, 0.2) is 59.5 Å². The molecule has 9 heteroatoms. The van der Waals surface area contributed by atoms with E-state index in [4.69, 9.17) is 0 Å². The summed E-state index contributed by atoms with van der Waals surface area (Å²) in [4.78, 5) is 25.9. The van der Waals surface area contributed by atoms with Crippen LogP contribution >= 0.6 is 0 Å². The van der Waals surface area contributed by atoms with Gasteiger partial charge in [-0.3, -0.25) is 9.59 Å². The van der Waals surface area contributed by atoms with Crippen LogP contribution in [-0.2, 0) is 19.6 Å². The van der Waals surface area contributed by atoms with Gasteiger partial charge >= 0.3 is 0 Å². The van der Waals surface area contributed by atoms with Crippen molar-refractivity contribution < 1.29 is 18.0 Å². The number of carbonyl (C=O) groups is 2. The molecule has 2 N–H and O–H groups in total. The predicted molar refractivity (Wildman–Crippen MR) is 134 cm³/mol. The molecule has 3 rings (SSSR count). The summed E-state index contributed by atoms with van der Waals surface area (Å²) < 4.78 is 27.4. The molecule has 0 bridgehead atoms. The van der Waals surface area contributed by atoms with Gasteiger partial charge in [0, 0.05) is 57.9 Å². The topological polar surface area (TPSA) is 98.8 Å². The normalized spacial score (nSPS) is 15.0. The minimum atomic E-state index is -3.59. The van der Waals surface area contributed by atoms with E-state index in [0.717, 1.165) is 18.7 Å². The van der Waals surface area contributed by atoms with Gasteiger partial charge in [-0.25, -0.2) is 8.42 Å². The quantitative estimate of drug-likeness (QED) is 0.503. The number of rotatable bonds is 10. The van der Waals surface area contributed by atoms with Gasteiger partial charge in [-0.2, -0.15) is 4.31 Å². The van der Waals surface area contributed by atoms with E-state index in [0.29, 0.717) is 44.6 Å².